The highest BCUT2D eigenvalue weighted by molar-refractivity contribution is 6.30. The lowest BCUT2D eigenvalue weighted by atomic mass is 9.97. The van der Waals surface area contributed by atoms with Gasteiger partial charge in [-0.2, -0.15) is 0 Å². The van der Waals surface area contributed by atoms with Crippen LogP contribution in [-0.2, 0) is 0 Å². The molecule has 1 aromatic rings. The van der Waals surface area contributed by atoms with E-state index in [1.54, 1.807) is 6.20 Å². The summed E-state index contributed by atoms with van der Waals surface area (Å²) in [5.74, 6) is 0.601. The van der Waals surface area contributed by atoms with Crippen molar-refractivity contribution in [1.29, 1.82) is 0 Å². The lowest BCUT2D eigenvalue weighted by Crippen LogP contribution is -2.34. The highest BCUT2D eigenvalue weighted by Crippen LogP contribution is 2.24. The Hall–Kier alpha value is -0.860. The van der Waals surface area contributed by atoms with Crippen LogP contribution in [0.3, 0.4) is 0 Å². The summed E-state index contributed by atoms with van der Waals surface area (Å²) in [6.07, 6.45) is 7.13. The molecular weight excluding hydrogens is 232 g/mol. The van der Waals surface area contributed by atoms with E-state index in [4.69, 9.17) is 11.6 Å². The molecule has 0 fully saturated rings. The monoisotopic (exact) mass is 250 g/mol. The number of pyridine rings is 1. The molecule has 0 N–H and O–H groups in total. The Morgan fingerprint density at radius 2 is 2.29 bits per heavy atom. The Balaban J connectivity index is 2.20. The molecule has 1 atom stereocenters. The van der Waals surface area contributed by atoms with Crippen molar-refractivity contribution in [1.82, 2.24) is 9.88 Å². The summed E-state index contributed by atoms with van der Waals surface area (Å²) >= 11 is 5.99. The van der Waals surface area contributed by atoms with E-state index in [0.29, 0.717) is 10.9 Å². The van der Waals surface area contributed by atoms with E-state index >= 15 is 0 Å². The summed E-state index contributed by atoms with van der Waals surface area (Å²) in [4.78, 5) is 6.67. The van der Waals surface area contributed by atoms with Gasteiger partial charge < -0.3 is 0 Å². The number of rotatable bonds is 3. The van der Waals surface area contributed by atoms with E-state index in [1.165, 1.54) is 12.0 Å². The van der Waals surface area contributed by atoms with E-state index in [9.17, 15) is 0 Å². The maximum absolute atomic E-state index is 5.99. The fourth-order valence-electron chi connectivity index (χ4n) is 2.42. The van der Waals surface area contributed by atoms with Gasteiger partial charge in [-0.3, -0.25) is 9.88 Å². The quantitative estimate of drug-likeness (QED) is 0.817. The summed E-state index contributed by atoms with van der Waals surface area (Å²) < 4.78 is 0. The van der Waals surface area contributed by atoms with Crippen molar-refractivity contribution in [3.8, 4) is 0 Å². The summed E-state index contributed by atoms with van der Waals surface area (Å²) in [6.45, 7) is 7.82. The van der Waals surface area contributed by atoms with Crippen LogP contribution in [-0.4, -0.2) is 29.5 Å². The average Bonchev–Trinajstić information content (AvgIpc) is 2.28. The lowest BCUT2D eigenvalue weighted by molar-refractivity contribution is 0.273. The highest BCUT2D eigenvalue weighted by Gasteiger charge is 2.17. The van der Waals surface area contributed by atoms with Gasteiger partial charge in [-0.15, -0.1) is 0 Å². The van der Waals surface area contributed by atoms with Gasteiger partial charge in [0, 0.05) is 25.5 Å². The molecule has 2 rings (SSSR count). The van der Waals surface area contributed by atoms with Gasteiger partial charge in [0.05, 0.1) is 5.02 Å². The first kappa shape index (κ1) is 12.6. The van der Waals surface area contributed by atoms with Crippen molar-refractivity contribution in [3.05, 3.63) is 35.1 Å². The maximum Gasteiger partial charge on any atom is 0.0595 e. The van der Waals surface area contributed by atoms with Gasteiger partial charge in [-0.05, 0) is 36.1 Å². The van der Waals surface area contributed by atoms with Crippen molar-refractivity contribution >= 4 is 17.2 Å². The van der Waals surface area contributed by atoms with E-state index in [2.05, 4.69) is 29.8 Å². The molecule has 0 spiro atoms. The zero-order valence-corrected chi connectivity index (χ0v) is 11.2. The zero-order valence-electron chi connectivity index (χ0n) is 10.5. The maximum atomic E-state index is 5.99. The molecule has 1 aromatic heterocycles. The third kappa shape index (κ3) is 3.30. The molecule has 2 nitrogen and oxygen atoms in total. The molecule has 1 aliphatic rings. The Bertz CT molecular complexity index is 414. The topological polar surface area (TPSA) is 16.1 Å². The van der Waals surface area contributed by atoms with E-state index < -0.39 is 0 Å². The molecule has 0 radical (unpaired) electrons. The standard InChI is InChI=1S/C14H19ClN2/c1-3-4-17-9-11(2)5-13(10-17)12-6-14(15)8-16-7-12/h5-8,11H,3-4,9-10H2,1-2H3/t11-/m0/s1. The van der Waals surface area contributed by atoms with E-state index in [-0.39, 0.29) is 0 Å². The minimum atomic E-state index is 0.601. The molecule has 0 bridgehead atoms. The van der Waals surface area contributed by atoms with Crippen LogP contribution in [0.4, 0.5) is 0 Å². The van der Waals surface area contributed by atoms with Gasteiger partial charge in [0.2, 0.25) is 0 Å². The molecule has 0 saturated carbocycles. The molecule has 0 amide bonds. The van der Waals surface area contributed by atoms with Crippen molar-refractivity contribution in [2.45, 2.75) is 20.3 Å². The Morgan fingerprint density at radius 1 is 1.47 bits per heavy atom. The molecular formula is C14H19ClN2. The van der Waals surface area contributed by atoms with Crippen molar-refractivity contribution in [2.24, 2.45) is 5.92 Å². The third-order valence-corrected chi connectivity index (χ3v) is 3.25. The molecule has 0 aromatic carbocycles. The van der Waals surface area contributed by atoms with Crippen LogP contribution in [0.2, 0.25) is 5.02 Å². The second kappa shape index (κ2) is 5.65. The van der Waals surface area contributed by atoms with Crippen LogP contribution >= 0.6 is 11.6 Å². The molecule has 17 heavy (non-hydrogen) atoms. The second-order valence-corrected chi connectivity index (χ2v) is 5.23. The molecule has 0 unspecified atom stereocenters. The fraction of sp³-hybridized carbons (Fsp3) is 0.500. The molecule has 2 heterocycles. The highest BCUT2D eigenvalue weighted by atomic mass is 35.5. The van der Waals surface area contributed by atoms with E-state index in [1.807, 2.05) is 12.3 Å². The minimum Gasteiger partial charge on any atom is -0.299 e. The Morgan fingerprint density at radius 3 is 3.00 bits per heavy atom. The van der Waals surface area contributed by atoms with Gasteiger partial charge in [0.15, 0.2) is 0 Å². The number of aromatic nitrogens is 1. The van der Waals surface area contributed by atoms with Crippen LogP contribution in [0.25, 0.3) is 5.57 Å². The summed E-state index contributed by atoms with van der Waals surface area (Å²) in [6, 6.07) is 2.00. The fourth-order valence-corrected chi connectivity index (χ4v) is 2.60. The van der Waals surface area contributed by atoms with E-state index in [0.717, 1.165) is 25.2 Å². The van der Waals surface area contributed by atoms with Crippen LogP contribution in [0.1, 0.15) is 25.8 Å². The van der Waals surface area contributed by atoms with Gasteiger partial charge in [0.1, 0.15) is 0 Å². The lowest BCUT2D eigenvalue weighted by Gasteiger charge is -2.30. The van der Waals surface area contributed by atoms with Crippen molar-refractivity contribution in [2.75, 3.05) is 19.6 Å². The normalized spacial score (nSPS) is 21.4. The third-order valence-electron chi connectivity index (χ3n) is 3.04. The van der Waals surface area contributed by atoms with Crippen molar-refractivity contribution in [3.63, 3.8) is 0 Å². The minimum absolute atomic E-state index is 0.601. The molecule has 1 aliphatic heterocycles. The smallest absolute Gasteiger partial charge is 0.0595 e. The van der Waals surface area contributed by atoms with Gasteiger partial charge in [-0.1, -0.05) is 31.5 Å². The molecule has 0 aliphatic carbocycles. The number of hydrogen-bond acceptors (Lipinski definition) is 2. The predicted octanol–water partition coefficient (Wildman–Crippen LogP) is 3.48. The SMILES string of the molecule is CCCN1CC(c2cncc(Cl)c2)=C[C@H](C)C1. The predicted molar refractivity (Wildman–Crippen MR) is 73.1 cm³/mol. The van der Waals surface area contributed by atoms with Gasteiger partial charge in [0.25, 0.3) is 0 Å². The van der Waals surface area contributed by atoms with Crippen molar-refractivity contribution < 1.29 is 0 Å². The Kier molecular flexibility index (Phi) is 4.19. The number of hydrogen-bond donors (Lipinski definition) is 0. The summed E-state index contributed by atoms with van der Waals surface area (Å²) in [5, 5.41) is 0.712. The first-order chi connectivity index (χ1) is 8.19. The van der Waals surface area contributed by atoms with Crippen LogP contribution in [0.15, 0.2) is 24.5 Å². The summed E-state index contributed by atoms with van der Waals surface area (Å²) in [7, 11) is 0. The second-order valence-electron chi connectivity index (χ2n) is 4.80. The first-order valence-electron chi connectivity index (χ1n) is 6.23. The first-order valence-corrected chi connectivity index (χ1v) is 6.60. The molecule has 92 valence electrons. The van der Waals surface area contributed by atoms with Crippen LogP contribution in [0, 0.1) is 5.92 Å². The molecule has 0 saturated heterocycles. The number of nitrogens with zero attached hydrogens (tertiary/aromatic N) is 2. The zero-order chi connectivity index (χ0) is 12.3. The van der Waals surface area contributed by atoms with Gasteiger partial charge >= 0.3 is 0 Å². The largest absolute Gasteiger partial charge is 0.299 e. The molecule has 3 heteroatoms. The Labute approximate surface area is 108 Å². The van der Waals surface area contributed by atoms with Gasteiger partial charge in [-0.25, -0.2) is 0 Å². The number of halogens is 1. The van der Waals surface area contributed by atoms with Crippen LogP contribution < -0.4 is 0 Å². The average molecular weight is 251 g/mol. The van der Waals surface area contributed by atoms with Crippen LogP contribution in [0.5, 0.6) is 0 Å². The summed E-state index contributed by atoms with van der Waals surface area (Å²) in [5.41, 5.74) is 2.51.